The zero-order chi connectivity index (χ0) is 26.9. The van der Waals surface area contributed by atoms with Crippen molar-refractivity contribution in [3.05, 3.63) is 95.7 Å². The van der Waals surface area contributed by atoms with Gasteiger partial charge in [0.25, 0.3) is 0 Å². The van der Waals surface area contributed by atoms with E-state index in [1.165, 1.54) is 10.8 Å². The first-order valence-corrected chi connectivity index (χ1v) is 11.3. The van der Waals surface area contributed by atoms with Crippen LogP contribution >= 0.6 is 15.9 Å². The molecule has 0 fully saturated rings. The Hall–Kier alpha value is -2.29. The molecule has 0 aliphatic carbocycles. The van der Waals surface area contributed by atoms with Crippen LogP contribution in [0, 0.1) is 28.9 Å². The van der Waals surface area contributed by atoms with Crippen molar-refractivity contribution in [2.45, 2.75) is 17.5 Å². The smallest absolute Gasteiger partial charge is 0.361 e. The van der Waals surface area contributed by atoms with E-state index in [2.05, 4.69) is 64.5 Å². The third-order valence-electron chi connectivity index (χ3n) is 5.20. The molecule has 4 nitrogen and oxygen atoms in total. The van der Waals surface area contributed by atoms with Crippen molar-refractivity contribution in [3.8, 4) is 6.07 Å². The topological polar surface area (TPSA) is 53.3 Å². The number of nitriles is 1. The third kappa shape index (κ3) is 7.85. The van der Waals surface area contributed by atoms with E-state index in [9.17, 15) is 27.2 Å². The van der Waals surface area contributed by atoms with Gasteiger partial charge in [-0.25, -0.2) is 8.78 Å². The van der Waals surface area contributed by atoms with E-state index >= 15 is 0 Å². The number of carbonyl (C=O) groups is 1. The number of hydrogen-bond donors (Lipinski definition) is 0. The van der Waals surface area contributed by atoms with Crippen molar-refractivity contribution in [2.75, 3.05) is 13.3 Å². The average molecular weight is 592 g/mol. The molecule has 1 aliphatic rings. The van der Waals surface area contributed by atoms with Crippen LogP contribution in [0.5, 0.6) is 0 Å². The first-order chi connectivity index (χ1) is 17.1. The predicted octanol–water partition coefficient (Wildman–Crippen LogP) is 6.68. The number of halogens is 6. The molecule has 0 amide bonds. The zero-order valence-electron chi connectivity index (χ0n) is 20.1. The number of benzene rings is 3. The summed E-state index contributed by atoms with van der Waals surface area (Å²) >= 11 is 3.12. The number of fused-ring (bicyclic) bond motifs is 1. The van der Waals surface area contributed by atoms with Crippen molar-refractivity contribution >= 4 is 63.0 Å². The predicted molar refractivity (Wildman–Crippen MR) is 135 cm³/mol. The maximum absolute atomic E-state index is 13.6. The monoisotopic (exact) mass is 591 g/mol. The quantitative estimate of drug-likeness (QED) is 0.147. The van der Waals surface area contributed by atoms with Gasteiger partial charge in [0.15, 0.2) is 0 Å². The fourth-order valence-corrected chi connectivity index (χ4v) is 4.40. The molecule has 3 aromatic rings. The van der Waals surface area contributed by atoms with Gasteiger partial charge >= 0.3 is 6.18 Å². The summed E-state index contributed by atoms with van der Waals surface area (Å²) in [5.74, 6) is -3.26. The standard InChI is InChI=1S/C15H12BrF5N2O.C10H8.CH2O.Na/c1-2-24-8-23-13(15(19,20)21)5-10(7-22)14(23,16)9-3-11(17)6-12(18)4-9;1-2-6-10-8-4-3-7-9(10)5-1;1-2;/h3-6,10H,2,8H2,1H3;1-8H;1H2;. The van der Waals surface area contributed by atoms with Gasteiger partial charge in [0.1, 0.15) is 41.2 Å². The number of nitrogens with zero attached hydrogens (tertiary/aromatic N) is 2. The van der Waals surface area contributed by atoms with Gasteiger partial charge in [0, 0.05) is 42.2 Å². The van der Waals surface area contributed by atoms with Crippen molar-refractivity contribution in [1.29, 1.82) is 5.26 Å². The van der Waals surface area contributed by atoms with Crippen LogP contribution in [-0.2, 0) is 14.0 Å². The maximum Gasteiger partial charge on any atom is 0.430 e. The van der Waals surface area contributed by atoms with Gasteiger partial charge in [-0.2, -0.15) is 18.4 Å². The Labute approximate surface area is 242 Å². The third-order valence-corrected chi connectivity index (χ3v) is 6.58. The molecular weight excluding hydrogens is 570 g/mol. The molecular formula is C26H22BrF5N2NaO2. The van der Waals surface area contributed by atoms with E-state index in [0.29, 0.717) is 6.07 Å². The second kappa shape index (κ2) is 14.6. The summed E-state index contributed by atoms with van der Waals surface area (Å²) in [5.41, 5.74) is -1.26. The Morgan fingerprint density at radius 1 is 1.03 bits per heavy atom. The molecule has 2 atom stereocenters. The largest absolute Gasteiger partial charge is 0.430 e. The molecule has 11 heteroatoms. The number of hydrogen-bond acceptors (Lipinski definition) is 4. The summed E-state index contributed by atoms with van der Waals surface area (Å²) in [7, 11) is 0. The van der Waals surface area contributed by atoms with Crippen LogP contribution in [0.4, 0.5) is 22.0 Å². The maximum atomic E-state index is 13.6. The number of rotatable bonds is 4. The zero-order valence-corrected chi connectivity index (χ0v) is 23.7. The molecule has 3 aromatic carbocycles. The van der Waals surface area contributed by atoms with E-state index in [-0.39, 0.29) is 41.7 Å². The molecule has 1 radical (unpaired) electrons. The van der Waals surface area contributed by atoms with Gasteiger partial charge in [-0.15, -0.1) is 0 Å². The molecule has 2 unspecified atom stereocenters. The summed E-state index contributed by atoms with van der Waals surface area (Å²) < 4.78 is 70.4. The minimum Gasteiger partial charge on any atom is -0.361 e. The second-order valence-electron chi connectivity index (χ2n) is 7.38. The summed E-state index contributed by atoms with van der Waals surface area (Å²) in [4.78, 5) is 8.75. The number of allylic oxidation sites excluding steroid dienone is 1. The van der Waals surface area contributed by atoms with Gasteiger partial charge in [-0.1, -0.05) is 64.5 Å². The van der Waals surface area contributed by atoms with Gasteiger partial charge in [-0.3, -0.25) is 0 Å². The number of carbonyl (C=O) groups excluding carboxylic acids is 1. The van der Waals surface area contributed by atoms with Crippen LogP contribution in [0.2, 0.25) is 0 Å². The Morgan fingerprint density at radius 3 is 1.86 bits per heavy atom. The minimum atomic E-state index is -4.76. The van der Waals surface area contributed by atoms with Gasteiger partial charge in [0.05, 0.1) is 6.07 Å². The fourth-order valence-electron chi connectivity index (χ4n) is 3.64. The number of alkyl halides is 4. The van der Waals surface area contributed by atoms with Crippen LogP contribution < -0.4 is 0 Å². The van der Waals surface area contributed by atoms with Crippen LogP contribution in [0.3, 0.4) is 0 Å². The summed E-state index contributed by atoms with van der Waals surface area (Å²) in [6.07, 6.45) is -4.04. The first kappa shape index (κ1) is 32.7. The molecule has 191 valence electrons. The van der Waals surface area contributed by atoms with Gasteiger partial charge < -0.3 is 14.4 Å². The molecule has 37 heavy (non-hydrogen) atoms. The summed E-state index contributed by atoms with van der Waals surface area (Å²) in [6.45, 7) is 3.20. The Balaban J connectivity index is 0.000000436. The van der Waals surface area contributed by atoms with E-state index < -0.39 is 40.6 Å². The number of ether oxygens (including phenoxy) is 1. The van der Waals surface area contributed by atoms with E-state index in [1.54, 1.807) is 13.0 Å². The molecule has 0 spiro atoms. The molecule has 0 N–H and O–H groups in total. The van der Waals surface area contributed by atoms with E-state index in [0.717, 1.165) is 23.1 Å². The Bertz CT molecular complexity index is 1170. The summed E-state index contributed by atoms with van der Waals surface area (Å²) in [6, 6.07) is 20.8. The van der Waals surface area contributed by atoms with Crippen molar-refractivity contribution in [3.63, 3.8) is 0 Å². The van der Waals surface area contributed by atoms with Crippen LogP contribution in [-0.4, -0.2) is 60.8 Å². The fraction of sp³-hybridized carbons (Fsp3) is 0.231. The molecule has 0 aromatic heterocycles. The van der Waals surface area contributed by atoms with Crippen molar-refractivity contribution in [2.24, 2.45) is 5.92 Å². The van der Waals surface area contributed by atoms with Crippen LogP contribution in [0.1, 0.15) is 12.5 Å². The molecule has 1 aliphatic heterocycles. The second-order valence-corrected chi connectivity index (χ2v) is 8.59. The Kier molecular flexibility index (Phi) is 12.9. The van der Waals surface area contributed by atoms with Gasteiger partial charge in [-0.05, 0) is 41.5 Å². The van der Waals surface area contributed by atoms with Crippen LogP contribution in [0.15, 0.2) is 78.5 Å². The first-order valence-electron chi connectivity index (χ1n) is 10.5. The average Bonchev–Trinajstić information content (AvgIpc) is 3.17. The van der Waals surface area contributed by atoms with Crippen molar-refractivity contribution < 1.29 is 31.5 Å². The SMILES string of the molecule is C=O.CCOCN1C(C(F)(F)F)=CC(C#N)C1(Br)c1cc(F)cc(F)c1.[Na].c1ccc2ccccc2c1. The molecule has 1 heterocycles. The normalized spacial score (nSPS) is 18.4. The summed E-state index contributed by atoms with van der Waals surface area (Å²) in [5, 5.41) is 11.9. The molecule has 0 saturated heterocycles. The Morgan fingerprint density at radius 2 is 1.49 bits per heavy atom. The minimum absolute atomic E-state index is 0. The molecule has 4 rings (SSSR count). The van der Waals surface area contributed by atoms with Gasteiger partial charge in [0.2, 0.25) is 0 Å². The molecule has 0 bridgehead atoms. The van der Waals surface area contributed by atoms with Crippen LogP contribution in [0.25, 0.3) is 10.8 Å². The van der Waals surface area contributed by atoms with Crippen molar-refractivity contribution in [1.82, 2.24) is 4.90 Å². The van der Waals surface area contributed by atoms with E-state index in [4.69, 9.17) is 9.53 Å². The molecule has 0 saturated carbocycles. The van der Waals surface area contributed by atoms with E-state index in [1.807, 2.05) is 6.79 Å².